The zero-order chi connectivity index (χ0) is 21.0. The molecule has 0 aromatic heterocycles. The molecule has 0 N–H and O–H groups in total. The van der Waals surface area contributed by atoms with E-state index in [1.54, 1.807) is 44.3 Å². The maximum Gasteiger partial charge on any atom is 0.237 e. The molecule has 29 heavy (non-hydrogen) atoms. The number of aliphatic imine (C=N–C) groups is 1. The summed E-state index contributed by atoms with van der Waals surface area (Å²) in [5, 5.41) is 6.42. The zero-order valence-electron chi connectivity index (χ0n) is 15.6. The van der Waals surface area contributed by atoms with Gasteiger partial charge >= 0.3 is 0 Å². The van der Waals surface area contributed by atoms with Gasteiger partial charge in [-0.05, 0) is 48.9 Å². The molecule has 8 heteroatoms. The van der Waals surface area contributed by atoms with Crippen molar-refractivity contribution < 1.29 is 13.9 Å². The molecule has 0 radical (unpaired) electrons. The first-order valence-electron chi connectivity index (χ1n) is 8.50. The maximum absolute atomic E-state index is 13.3. The molecule has 0 saturated heterocycles. The van der Waals surface area contributed by atoms with Gasteiger partial charge < -0.3 is 4.74 Å². The van der Waals surface area contributed by atoms with E-state index in [4.69, 9.17) is 27.9 Å². The highest BCUT2D eigenvalue weighted by Crippen LogP contribution is 2.33. The number of hydrogen-bond acceptors (Lipinski definition) is 4. The molecule has 2 aromatic rings. The molecule has 0 atom stereocenters. The van der Waals surface area contributed by atoms with Crippen LogP contribution in [0.3, 0.4) is 0 Å². The van der Waals surface area contributed by atoms with Crippen LogP contribution in [0.5, 0.6) is 5.75 Å². The van der Waals surface area contributed by atoms with E-state index in [-0.39, 0.29) is 17.3 Å². The predicted octanol–water partition coefficient (Wildman–Crippen LogP) is 5.27. The standard InChI is InChI=1S/C21H16Cl2FN3O2/c1-13-10-14(24)6-8-19(13)29-20-9-7-18(27(26-20)12-25-2)15(11-28)21-16(22)4-3-5-17(21)23/h3-12H,1-2H3/b18-15+,25-12-. The van der Waals surface area contributed by atoms with Crippen molar-refractivity contribution in [2.45, 2.75) is 6.92 Å². The van der Waals surface area contributed by atoms with Gasteiger partial charge in [0.05, 0.1) is 21.3 Å². The lowest BCUT2D eigenvalue weighted by Crippen LogP contribution is -2.24. The number of carbonyl (C=O) groups excluding carboxylic acids is 1. The Kier molecular flexibility index (Phi) is 6.46. The number of aldehydes is 1. The van der Waals surface area contributed by atoms with Crippen molar-refractivity contribution in [3.05, 3.63) is 81.2 Å². The number of aryl methyl sites for hydroxylation is 1. The largest absolute Gasteiger partial charge is 0.437 e. The molecule has 0 aliphatic carbocycles. The molecule has 2 aromatic carbocycles. The summed E-state index contributed by atoms with van der Waals surface area (Å²) in [6, 6.07) is 9.17. The van der Waals surface area contributed by atoms with Crippen LogP contribution in [0.1, 0.15) is 11.1 Å². The van der Waals surface area contributed by atoms with Gasteiger partial charge in [-0.2, -0.15) is 0 Å². The van der Waals surface area contributed by atoms with Crippen LogP contribution in [-0.2, 0) is 4.79 Å². The monoisotopic (exact) mass is 431 g/mol. The number of nitrogens with zero attached hydrogens (tertiary/aromatic N) is 3. The average molecular weight is 432 g/mol. The van der Waals surface area contributed by atoms with E-state index in [1.165, 1.54) is 29.5 Å². The maximum atomic E-state index is 13.3. The Labute approximate surface area is 177 Å². The number of benzene rings is 2. The molecular formula is C21H16Cl2FN3O2. The quantitative estimate of drug-likeness (QED) is 0.286. The molecule has 3 rings (SSSR count). The van der Waals surface area contributed by atoms with Gasteiger partial charge in [0, 0.05) is 18.7 Å². The van der Waals surface area contributed by atoms with E-state index in [9.17, 15) is 9.18 Å². The van der Waals surface area contributed by atoms with Crippen LogP contribution < -0.4 is 4.74 Å². The number of hydrazone groups is 1. The summed E-state index contributed by atoms with van der Waals surface area (Å²) in [7, 11) is 1.57. The fourth-order valence-corrected chi connectivity index (χ4v) is 3.33. The number of carbonyl (C=O) groups is 1. The lowest BCUT2D eigenvalue weighted by atomic mass is 10.0. The molecule has 1 aliphatic heterocycles. The van der Waals surface area contributed by atoms with Crippen molar-refractivity contribution >= 4 is 47.3 Å². The van der Waals surface area contributed by atoms with E-state index in [1.807, 2.05) is 0 Å². The highest BCUT2D eigenvalue weighted by molar-refractivity contribution is 6.39. The summed E-state index contributed by atoms with van der Waals surface area (Å²) in [5.41, 5.74) is 1.69. The van der Waals surface area contributed by atoms with Gasteiger partial charge in [-0.15, -0.1) is 5.10 Å². The lowest BCUT2D eigenvalue weighted by Gasteiger charge is -2.22. The second-order valence-electron chi connectivity index (χ2n) is 6.02. The van der Waals surface area contributed by atoms with Gasteiger partial charge in [-0.1, -0.05) is 29.3 Å². The molecule has 1 aliphatic rings. The summed E-state index contributed by atoms with van der Waals surface area (Å²) in [6.07, 6.45) is 5.32. The topological polar surface area (TPSA) is 54.3 Å². The first-order chi connectivity index (χ1) is 13.9. The number of halogens is 3. The van der Waals surface area contributed by atoms with Crippen molar-refractivity contribution in [2.75, 3.05) is 7.05 Å². The van der Waals surface area contributed by atoms with E-state index >= 15 is 0 Å². The Morgan fingerprint density at radius 3 is 2.55 bits per heavy atom. The molecular weight excluding hydrogens is 416 g/mol. The predicted molar refractivity (Wildman–Crippen MR) is 114 cm³/mol. The Hall–Kier alpha value is -2.96. The van der Waals surface area contributed by atoms with Crippen LogP contribution in [0.4, 0.5) is 4.39 Å². The van der Waals surface area contributed by atoms with E-state index in [0.717, 1.165) is 0 Å². The summed E-state index contributed by atoms with van der Waals surface area (Å²) in [6.45, 7) is 1.73. The third-order valence-corrected chi connectivity index (χ3v) is 4.67. The van der Waals surface area contributed by atoms with Gasteiger partial charge in [0.15, 0.2) is 6.29 Å². The fourth-order valence-electron chi connectivity index (χ4n) is 2.73. The first-order valence-corrected chi connectivity index (χ1v) is 9.26. The molecule has 0 spiro atoms. The van der Waals surface area contributed by atoms with Gasteiger partial charge in [0.25, 0.3) is 0 Å². The van der Waals surface area contributed by atoms with Crippen molar-refractivity contribution in [1.82, 2.24) is 5.01 Å². The van der Waals surface area contributed by atoms with Gasteiger partial charge in [0.2, 0.25) is 5.90 Å². The molecule has 0 bridgehead atoms. The first kappa shape index (κ1) is 20.8. The van der Waals surface area contributed by atoms with Crippen molar-refractivity contribution in [3.8, 4) is 5.75 Å². The fraction of sp³-hybridized carbons (Fsp3) is 0.0952. The van der Waals surface area contributed by atoms with Crippen molar-refractivity contribution in [3.63, 3.8) is 0 Å². The minimum Gasteiger partial charge on any atom is -0.437 e. The van der Waals surface area contributed by atoms with Crippen molar-refractivity contribution in [2.24, 2.45) is 10.1 Å². The highest BCUT2D eigenvalue weighted by atomic mass is 35.5. The minimum absolute atomic E-state index is 0.235. The second kappa shape index (κ2) is 9.03. The Morgan fingerprint density at radius 2 is 1.93 bits per heavy atom. The molecule has 148 valence electrons. The smallest absolute Gasteiger partial charge is 0.237 e. The van der Waals surface area contributed by atoms with E-state index in [2.05, 4.69) is 10.1 Å². The summed E-state index contributed by atoms with van der Waals surface area (Å²) in [4.78, 5) is 15.9. The van der Waals surface area contributed by atoms with Crippen LogP contribution in [0, 0.1) is 12.7 Å². The third-order valence-electron chi connectivity index (χ3n) is 4.04. The van der Waals surface area contributed by atoms with E-state index < -0.39 is 0 Å². The Bertz CT molecular complexity index is 1060. The van der Waals surface area contributed by atoms with Crippen LogP contribution in [0.15, 0.2) is 64.3 Å². The molecule has 1 heterocycles. The zero-order valence-corrected chi connectivity index (χ0v) is 17.1. The molecule has 0 saturated carbocycles. The molecule has 5 nitrogen and oxygen atoms in total. The van der Waals surface area contributed by atoms with Crippen LogP contribution in [0.2, 0.25) is 10.0 Å². The number of ether oxygens (including phenoxy) is 1. The Morgan fingerprint density at radius 1 is 1.21 bits per heavy atom. The number of rotatable bonds is 4. The van der Waals surface area contributed by atoms with Crippen LogP contribution in [0.25, 0.3) is 5.57 Å². The summed E-state index contributed by atoms with van der Waals surface area (Å²) >= 11 is 12.5. The number of allylic oxidation sites excluding steroid dienone is 2. The van der Waals surface area contributed by atoms with Gasteiger partial charge in [-0.25, -0.2) is 9.40 Å². The second-order valence-corrected chi connectivity index (χ2v) is 6.83. The SMILES string of the molecule is C/N=C\N1N=C(Oc2ccc(F)cc2C)C=C/C1=C(/C=O)c1c(Cl)cccc1Cl. The third kappa shape index (κ3) is 4.55. The summed E-state index contributed by atoms with van der Waals surface area (Å²) in [5.74, 6) is 0.340. The molecule has 0 unspecified atom stereocenters. The van der Waals surface area contributed by atoms with Crippen molar-refractivity contribution in [1.29, 1.82) is 0 Å². The van der Waals surface area contributed by atoms with Gasteiger partial charge in [0.1, 0.15) is 17.9 Å². The Balaban J connectivity index is 2.03. The highest BCUT2D eigenvalue weighted by Gasteiger charge is 2.21. The van der Waals surface area contributed by atoms with Gasteiger partial charge in [-0.3, -0.25) is 9.79 Å². The minimum atomic E-state index is -0.354. The average Bonchev–Trinajstić information content (AvgIpc) is 2.68. The lowest BCUT2D eigenvalue weighted by molar-refractivity contribution is -0.103. The number of hydrogen-bond donors (Lipinski definition) is 0. The molecule has 0 amide bonds. The van der Waals surface area contributed by atoms with Crippen LogP contribution in [-0.4, -0.2) is 30.6 Å². The molecule has 0 fully saturated rings. The van der Waals surface area contributed by atoms with E-state index in [0.29, 0.717) is 38.9 Å². The normalized spacial score (nSPS) is 15.5. The van der Waals surface area contributed by atoms with Crippen LogP contribution >= 0.6 is 23.2 Å². The summed E-state index contributed by atoms with van der Waals surface area (Å²) < 4.78 is 19.1.